The number of hydrogen-bond donors (Lipinski definition) is 0. The van der Waals surface area contributed by atoms with Gasteiger partial charge in [-0.3, -0.25) is 0 Å². The Labute approximate surface area is 113 Å². The zero-order valence-corrected chi connectivity index (χ0v) is 12.1. The Bertz CT molecular complexity index is 327. The third-order valence-electron chi connectivity index (χ3n) is 3.37. The molecule has 0 aromatic heterocycles. The maximum Gasteiger partial charge on any atom is 0.0589 e. The highest BCUT2D eigenvalue weighted by Crippen LogP contribution is 2.31. The molecule has 0 aliphatic carbocycles. The predicted molar refractivity (Wildman–Crippen MR) is 75.7 cm³/mol. The fraction of sp³-hybridized carbons (Fsp3) is 0.600. The van der Waals surface area contributed by atoms with Gasteiger partial charge in [-0.2, -0.15) is 0 Å². The zero-order valence-electron chi connectivity index (χ0n) is 10.5. The topological polar surface area (TPSA) is 9.23 Å². The standard InChI is InChI=1S/C15H21BrO/c1-2-4-12-6-8-13(9-7-12)15(16)11-14-5-3-10-17-14/h6-9,14-15H,2-5,10-11H2,1H3. The normalized spacial score (nSPS) is 21.6. The van der Waals surface area contributed by atoms with Gasteiger partial charge in [-0.25, -0.2) is 0 Å². The molecule has 0 N–H and O–H groups in total. The Morgan fingerprint density at radius 3 is 2.71 bits per heavy atom. The van der Waals surface area contributed by atoms with E-state index in [4.69, 9.17) is 4.74 Å². The van der Waals surface area contributed by atoms with Crippen molar-refractivity contribution in [1.82, 2.24) is 0 Å². The average Bonchev–Trinajstić information content (AvgIpc) is 2.83. The molecular formula is C15H21BrO. The van der Waals surface area contributed by atoms with Gasteiger partial charge in [-0.1, -0.05) is 53.5 Å². The molecule has 0 radical (unpaired) electrons. The molecule has 1 nitrogen and oxygen atoms in total. The summed E-state index contributed by atoms with van der Waals surface area (Å²) in [6.45, 7) is 3.17. The van der Waals surface area contributed by atoms with Crippen molar-refractivity contribution in [1.29, 1.82) is 0 Å². The largest absolute Gasteiger partial charge is 0.378 e. The number of ether oxygens (including phenoxy) is 1. The van der Waals surface area contributed by atoms with Crippen molar-refractivity contribution < 1.29 is 4.74 Å². The highest BCUT2D eigenvalue weighted by molar-refractivity contribution is 9.09. The summed E-state index contributed by atoms with van der Waals surface area (Å²) in [4.78, 5) is 0.432. The molecule has 1 aliphatic heterocycles. The molecule has 17 heavy (non-hydrogen) atoms. The molecule has 0 spiro atoms. The first kappa shape index (κ1) is 13.1. The van der Waals surface area contributed by atoms with Crippen LogP contribution in [0.4, 0.5) is 0 Å². The fourth-order valence-corrected chi connectivity index (χ4v) is 3.10. The summed E-state index contributed by atoms with van der Waals surface area (Å²) in [6, 6.07) is 9.00. The van der Waals surface area contributed by atoms with E-state index in [9.17, 15) is 0 Å². The van der Waals surface area contributed by atoms with Crippen molar-refractivity contribution in [2.45, 2.75) is 50.0 Å². The molecule has 1 aromatic carbocycles. The van der Waals surface area contributed by atoms with E-state index < -0.39 is 0 Å². The summed E-state index contributed by atoms with van der Waals surface area (Å²) in [5, 5.41) is 0. The van der Waals surface area contributed by atoms with Crippen LogP contribution in [-0.2, 0) is 11.2 Å². The Hall–Kier alpha value is -0.340. The molecule has 1 aromatic rings. The Morgan fingerprint density at radius 1 is 1.35 bits per heavy atom. The monoisotopic (exact) mass is 296 g/mol. The van der Waals surface area contributed by atoms with Gasteiger partial charge in [-0.15, -0.1) is 0 Å². The number of rotatable bonds is 5. The van der Waals surface area contributed by atoms with Crippen LogP contribution in [-0.4, -0.2) is 12.7 Å². The summed E-state index contributed by atoms with van der Waals surface area (Å²) in [6.07, 6.45) is 6.38. The summed E-state index contributed by atoms with van der Waals surface area (Å²) >= 11 is 3.78. The van der Waals surface area contributed by atoms with Crippen molar-refractivity contribution >= 4 is 15.9 Å². The summed E-state index contributed by atoms with van der Waals surface area (Å²) < 4.78 is 5.68. The smallest absolute Gasteiger partial charge is 0.0589 e. The van der Waals surface area contributed by atoms with E-state index >= 15 is 0 Å². The SMILES string of the molecule is CCCc1ccc(C(Br)CC2CCCO2)cc1. The van der Waals surface area contributed by atoms with E-state index in [2.05, 4.69) is 47.1 Å². The predicted octanol–water partition coefficient (Wildman–Crippen LogP) is 4.64. The fourth-order valence-electron chi connectivity index (χ4n) is 2.38. The second-order valence-electron chi connectivity index (χ2n) is 4.83. The van der Waals surface area contributed by atoms with Crippen LogP contribution in [0, 0.1) is 0 Å². The first-order chi connectivity index (χ1) is 8.29. The van der Waals surface area contributed by atoms with Crippen LogP contribution in [0.3, 0.4) is 0 Å². The van der Waals surface area contributed by atoms with Crippen LogP contribution < -0.4 is 0 Å². The van der Waals surface area contributed by atoms with Crippen LogP contribution in [0.25, 0.3) is 0 Å². The maximum absolute atomic E-state index is 5.68. The first-order valence-corrected chi connectivity index (χ1v) is 7.55. The molecule has 2 atom stereocenters. The van der Waals surface area contributed by atoms with Gasteiger partial charge < -0.3 is 4.74 Å². The second kappa shape index (κ2) is 6.55. The number of hydrogen-bond acceptors (Lipinski definition) is 1. The van der Waals surface area contributed by atoms with E-state index in [1.807, 2.05) is 0 Å². The van der Waals surface area contributed by atoms with Gasteiger partial charge in [0, 0.05) is 11.4 Å². The summed E-state index contributed by atoms with van der Waals surface area (Å²) in [5.74, 6) is 0. The molecule has 1 saturated heterocycles. The van der Waals surface area contributed by atoms with Crippen LogP contribution in [0.5, 0.6) is 0 Å². The van der Waals surface area contributed by atoms with Crippen LogP contribution >= 0.6 is 15.9 Å². The van der Waals surface area contributed by atoms with Crippen molar-refractivity contribution in [2.75, 3.05) is 6.61 Å². The minimum atomic E-state index is 0.432. The van der Waals surface area contributed by atoms with Crippen molar-refractivity contribution in [3.8, 4) is 0 Å². The summed E-state index contributed by atoms with van der Waals surface area (Å²) in [5.41, 5.74) is 2.81. The minimum Gasteiger partial charge on any atom is -0.378 e. The average molecular weight is 297 g/mol. The Balaban J connectivity index is 1.91. The molecule has 1 fully saturated rings. The third-order valence-corrected chi connectivity index (χ3v) is 4.28. The number of halogens is 1. The molecule has 1 heterocycles. The quantitative estimate of drug-likeness (QED) is 0.719. The molecule has 0 amide bonds. The van der Waals surface area contributed by atoms with Gasteiger partial charge in [0.2, 0.25) is 0 Å². The number of aryl methyl sites for hydroxylation is 1. The molecule has 0 saturated carbocycles. The highest BCUT2D eigenvalue weighted by Gasteiger charge is 2.20. The molecule has 94 valence electrons. The second-order valence-corrected chi connectivity index (χ2v) is 5.94. The van der Waals surface area contributed by atoms with E-state index in [1.165, 1.54) is 36.8 Å². The van der Waals surface area contributed by atoms with E-state index in [-0.39, 0.29) is 0 Å². The van der Waals surface area contributed by atoms with Gasteiger partial charge >= 0.3 is 0 Å². The van der Waals surface area contributed by atoms with Gasteiger partial charge in [0.05, 0.1) is 6.10 Å². The van der Waals surface area contributed by atoms with Crippen LogP contribution in [0.2, 0.25) is 0 Å². The van der Waals surface area contributed by atoms with Crippen molar-refractivity contribution in [2.24, 2.45) is 0 Å². The number of benzene rings is 1. The van der Waals surface area contributed by atoms with Crippen molar-refractivity contribution in [3.05, 3.63) is 35.4 Å². The number of alkyl halides is 1. The molecule has 2 rings (SSSR count). The summed E-state index contributed by atoms with van der Waals surface area (Å²) in [7, 11) is 0. The van der Waals surface area contributed by atoms with Gasteiger partial charge in [-0.05, 0) is 36.8 Å². The van der Waals surface area contributed by atoms with Crippen molar-refractivity contribution in [3.63, 3.8) is 0 Å². The lowest BCUT2D eigenvalue weighted by Crippen LogP contribution is -2.08. The zero-order chi connectivity index (χ0) is 12.1. The van der Waals surface area contributed by atoms with E-state index in [0.717, 1.165) is 13.0 Å². The maximum atomic E-state index is 5.68. The Morgan fingerprint density at radius 2 is 2.12 bits per heavy atom. The molecule has 0 bridgehead atoms. The minimum absolute atomic E-state index is 0.432. The van der Waals surface area contributed by atoms with E-state index in [1.54, 1.807) is 0 Å². The lowest BCUT2D eigenvalue weighted by molar-refractivity contribution is 0.104. The Kier molecular flexibility index (Phi) is 5.05. The molecule has 2 unspecified atom stereocenters. The molecule has 1 aliphatic rings. The van der Waals surface area contributed by atoms with Crippen LogP contribution in [0.15, 0.2) is 24.3 Å². The van der Waals surface area contributed by atoms with E-state index in [0.29, 0.717) is 10.9 Å². The van der Waals surface area contributed by atoms with Gasteiger partial charge in [0.1, 0.15) is 0 Å². The third kappa shape index (κ3) is 3.82. The first-order valence-electron chi connectivity index (χ1n) is 6.64. The highest BCUT2D eigenvalue weighted by atomic mass is 79.9. The lowest BCUT2D eigenvalue weighted by Gasteiger charge is -2.15. The van der Waals surface area contributed by atoms with Gasteiger partial charge in [0.15, 0.2) is 0 Å². The molecular weight excluding hydrogens is 276 g/mol. The van der Waals surface area contributed by atoms with Crippen LogP contribution in [0.1, 0.15) is 48.6 Å². The van der Waals surface area contributed by atoms with Gasteiger partial charge in [0.25, 0.3) is 0 Å². The lowest BCUT2D eigenvalue weighted by atomic mass is 10.0. The molecule has 2 heteroatoms.